The number of alkyl halides is 3. The molecule has 4 N–H and O–H groups in total. The number of H-pyrrole nitrogens is 2. The number of aromatic amines is 2. The molecule has 0 bridgehead atoms. The van der Waals surface area contributed by atoms with Crippen LogP contribution >= 0.6 is 23.2 Å². The SMILES string of the molecule is CC(C)CN1CCN(c2nc(Nc3ccc(C(F)(F)F)cc3)c3[nH]c(Nc4c(Cl)cccc4Cl)nc3[nH+]2)CC1. The van der Waals surface area contributed by atoms with Crippen molar-refractivity contribution in [3.8, 4) is 0 Å². The van der Waals surface area contributed by atoms with Gasteiger partial charge in [-0.3, -0.25) is 9.80 Å². The molecule has 1 fully saturated rings. The third kappa shape index (κ3) is 6.32. The summed E-state index contributed by atoms with van der Waals surface area (Å²) in [7, 11) is 0. The minimum Gasteiger partial charge on any atom is -0.328 e. The van der Waals surface area contributed by atoms with Crippen LogP contribution in [-0.4, -0.2) is 52.6 Å². The summed E-state index contributed by atoms with van der Waals surface area (Å²) >= 11 is 12.6. The molecule has 1 aliphatic heterocycles. The van der Waals surface area contributed by atoms with Crippen LogP contribution in [0.1, 0.15) is 19.4 Å². The van der Waals surface area contributed by atoms with Gasteiger partial charge >= 0.3 is 12.1 Å². The molecule has 0 unspecified atom stereocenters. The topological polar surface area (TPSA) is 86.2 Å². The normalized spacial score (nSPS) is 14.8. The van der Waals surface area contributed by atoms with Crippen molar-refractivity contribution < 1.29 is 18.2 Å². The summed E-state index contributed by atoms with van der Waals surface area (Å²) in [5.41, 5.74) is 1.25. The molecule has 2 aromatic carbocycles. The zero-order valence-electron chi connectivity index (χ0n) is 21.3. The fourth-order valence-corrected chi connectivity index (χ4v) is 5.00. The minimum atomic E-state index is -4.42. The van der Waals surface area contributed by atoms with Crippen molar-refractivity contribution in [2.75, 3.05) is 48.3 Å². The number of imidazole rings is 1. The molecule has 0 saturated carbocycles. The smallest absolute Gasteiger partial charge is 0.328 e. The Kier molecular flexibility index (Phi) is 7.75. The van der Waals surface area contributed by atoms with Gasteiger partial charge in [-0.25, -0.2) is 4.98 Å². The number of nitrogens with zero attached hydrogens (tertiary/aromatic N) is 4. The number of hydrogen-bond donors (Lipinski definition) is 3. The first kappa shape index (κ1) is 27.3. The van der Waals surface area contributed by atoms with Gasteiger partial charge in [-0.15, -0.1) is 0 Å². The number of para-hydroxylation sites is 1. The van der Waals surface area contributed by atoms with Crippen molar-refractivity contribution in [2.24, 2.45) is 5.92 Å². The Morgan fingerprint density at radius 3 is 2.26 bits per heavy atom. The average Bonchev–Trinajstić information content (AvgIpc) is 3.29. The Hall–Kier alpha value is -3.28. The van der Waals surface area contributed by atoms with Crippen molar-refractivity contribution in [2.45, 2.75) is 20.0 Å². The highest BCUT2D eigenvalue weighted by atomic mass is 35.5. The summed E-state index contributed by atoms with van der Waals surface area (Å²) in [5, 5.41) is 7.12. The van der Waals surface area contributed by atoms with Crippen LogP contribution in [0.25, 0.3) is 11.2 Å². The van der Waals surface area contributed by atoms with E-state index in [0.717, 1.165) is 44.9 Å². The number of piperazine rings is 1. The van der Waals surface area contributed by atoms with Crippen LogP contribution in [0.5, 0.6) is 0 Å². The zero-order valence-corrected chi connectivity index (χ0v) is 22.8. The molecular formula is C26H28Cl2F3N8+. The highest BCUT2D eigenvalue weighted by Crippen LogP contribution is 2.34. The third-order valence-electron chi connectivity index (χ3n) is 6.36. The molecule has 0 atom stereocenters. The molecule has 1 aliphatic rings. The number of rotatable bonds is 7. The number of fused-ring (bicyclic) bond motifs is 1. The summed E-state index contributed by atoms with van der Waals surface area (Å²) in [6.45, 7) is 8.77. The lowest BCUT2D eigenvalue weighted by Gasteiger charge is -2.32. The summed E-state index contributed by atoms with van der Waals surface area (Å²) in [6, 6.07) is 9.96. The predicted molar refractivity (Wildman–Crippen MR) is 148 cm³/mol. The van der Waals surface area contributed by atoms with E-state index in [2.05, 4.69) is 49.2 Å². The molecule has 5 rings (SSSR count). The Bertz CT molecular complexity index is 1430. The number of aromatic nitrogens is 4. The van der Waals surface area contributed by atoms with E-state index in [0.29, 0.717) is 56.2 Å². The maximum absolute atomic E-state index is 13.1. The van der Waals surface area contributed by atoms with E-state index in [1.54, 1.807) is 18.2 Å². The molecule has 206 valence electrons. The third-order valence-corrected chi connectivity index (χ3v) is 6.99. The van der Waals surface area contributed by atoms with Gasteiger partial charge < -0.3 is 15.6 Å². The number of anilines is 5. The maximum Gasteiger partial charge on any atom is 0.416 e. The molecule has 4 aromatic rings. The van der Waals surface area contributed by atoms with Crippen molar-refractivity contribution in [3.05, 3.63) is 58.1 Å². The van der Waals surface area contributed by atoms with Gasteiger partial charge in [0.15, 0.2) is 5.52 Å². The monoisotopic (exact) mass is 579 g/mol. The van der Waals surface area contributed by atoms with E-state index in [-0.39, 0.29) is 0 Å². The van der Waals surface area contributed by atoms with E-state index in [9.17, 15) is 13.2 Å². The van der Waals surface area contributed by atoms with E-state index >= 15 is 0 Å². The van der Waals surface area contributed by atoms with Crippen molar-refractivity contribution in [1.29, 1.82) is 0 Å². The molecule has 13 heteroatoms. The number of nitrogens with one attached hydrogen (secondary N) is 4. The fraction of sp³-hybridized carbons (Fsp3) is 0.346. The Morgan fingerprint density at radius 1 is 0.974 bits per heavy atom. The lowest BCUT2D eigenvalue weighted by molar-refractivity contribution is -0.337. The van der Waals surface area contributed by atoms with E-state index in [1.165, 1.54) is 12.1 Å². The number of halogens is 5. The van der Waals surface area contributed by atoms with Gasteiger partial charge in [0.05, 0.1) is 34.4 Å². The lowest BCUT2D eigenvalue weighted by Crippen LogP contribution is -2.49. The molecule has 0 spiro atoms. The molecule has 0 radical (unpaired) electrons. The Labute approximate surface area is 233 Å². The highest BCUT2D eigenvalue weighted by molar-refractivity contribution is 6.39. The van der Waals surface area contributed by atoms with Gasteiger partial charge in [-0.2, -0.15) is 13.2 Å². The van der Waals surface area contributed by atoms with Gasteiger partial charge in [0.2, 0.25) is 5.82 Å². The molecule has 8 nitrogen and oxygen atoms in total. The van der Waals surface area contributed by atoms with E-state index < -0.39 is 11.7 Å². The van der Waals surface area contributed by atoms with Gasteiger partial charge in [0.1, 0.15) is 0 Å². The fourth-order valence-electron chi connectivity index (χ4n) is 4.50. The minimum absolute atomic E-state index is 0.368. The Balaban J connectivity index is 1.48. The molecule has 3 heterocycles. The molecule has 0 amide bonds. The van der Waals surface area contributed by atoms with Crippen LogP contribution in [0.4, 0.5) is 42.3 Å². The van der Waals surface area contributed by atoms with Crippen LogP contribution < -0.4 is 20.5 Å². The van der Waals surface area contributed by atoms with Gasteiger partial charge in [-0.05, 0) is 42.3 Å². The molecule has 1 saturated heterocycles. The largest absolute Gasteiger partial charge is 0.416 e. The van der Waals surface area contributed by atoms with E-state index in [4.69, 9.17) is 28.2 Å². The van der Waals surface area contributed by atoms with Crippen LogP contribution in [0, 0.1) is 5.92 Å². The van der Waals surface area contributed by atoms with Crippen LogP contribution in [-0.2, 0) is 6.18 Å². The van der Waals surface area contributed by atoms with E-state index in [1.807, 2.05) is 0 Å². The number of benzene rings is 2. The van der Waals surface area contributed by atoms with Crippen LogP contribution in [0.15, 0.2) is 42.5 Å². The summed E-state index contributed by atoms with van der Waals surface area (Å²) in [4.78, 5) is 20.5. The average molecular weight is 580 g/mol. The second-order valence-electron chi connectivity index (χ2n) is 9.82. The zero-order chi connectivity index (χ0) is 27.7. The maximum atomic E-state index is 13.1. The first-order valence-corrected chi connectivity index (χ1v) is 13.3. The van der Waals surface area contributed by atoms with Crippen molar-refractivity contribution >= 4 is 63.5 Å². The lowest BCUT2D eigenvalue weighted by atomic mass is 10.2. The van der Waals surface area contributed by atoms with Gasteiger partial charge in [0, 0.05) is 25.3 Å². The summed E-state index contributed by atoms with van der Waals surface area (Å²) in [6.07, 6.45) is -4.42. The molecule has 0 aliphatic carbocycles. The quantitative estimate of drug-likeness (QED) is 0.236. The highest BCUT2D eigenvalue weighted by Gasteiger charge is 2.30. The molecule has 39 heavy (non-hydrogen) atoms. The van der Waals surface area contributed by atoms with Crippen molar-refractivity contribution in [3.63, 3.8) is 0 Å². The first-order valence-electron chi connectivity index (χ1n) is 12.5. The summed E-state index contributed by atoms with van der Waals surface area (Å²) < 4.78 is 39.2. The van der Waals surface area contributed by atoms with Crippen LogP contribution in [0.2, 0.25) is 10.0 Å². The number of hydrogen-bond acceptors (Lipinski definition) is 6. The first-order chi connectivity index (χ1) is 18.6. The van der Waals surface area contributed by atoms with Crippen LogP contribution in [0.3, 0.4) is 0 Å². The molecule has 2 aromatic heterocycles. The summed E-state index contributed by atoms with van der Waals surface area (Å²) in [5.74, 6) is 1.97. The standard InChI is InChI=1S/C26H27Cl2F3N8/c1-15(2)14-38-10-12-39(13-11-38)25-36-22(32-17-8-6-16(7-9-17)26(29,30)31)21-23(37-25)35-24(34-21)33-20-18(27)4-3-5-19(20)28/h3-9,15H,10-14H2,1-2H3,(H3,32,33,34,35,36,37)/p+1. The second kappa shape index (κ2) is 11.1. The van der Waals surface area contributed by atoms with Gasteiger partial charge in [0.25, 0.3) is 11.6 Å². The Morgan fingerprint density at radius 2 is 1.64 bits per heavy atom. The van der Waals surface area contributed by atoms with Gasteiger partial charge in [-0.1, -0.05) is 53.1 Å². The predicted octanol–water partition coefficient (Wildman–Crippen LogP) is 6.36. The molecular weight excluding hydrogens is 552 g/mol. The second-order valence-corrected chi connectivity index (χ2v) is 10.6. The van der Waals surface area contributed by atoms with Crippen molar-refractivity contribution in [1.82, 2.24) is 19.9 Å².